The highest BCUT2D eigenvalue weighted by molar-refractivity contribution is 6.14. The number of hydrogen-bond acceptors (Lipinski definition) is 5. The Labute approximate surface area is 185 Å². The molecule has 0 saturated carbocycles. The highest BCUT2D eigenvalue weighted by Crippen LogP contribution is 2.44. The first-order valence-electron chi connectivity index (χ1n) is 10.4. The molecule has 0 aromatic heterocycles. The van der Waals surface area contributed by atoms with Gasteiger partial charge in [0.1, 0.15) is 11.6 Å². The normalized spacial score (nSPS) is 25.6. The van der Waals surface area contributed by atoms with E-state index in [1.54, 1.807) is 18.2 Å². The largest absolute Gasteiger partial charge is 0.511 e. The number of hydrogen-bond donors (Lipinski definition) is 3. The van der Waals surface area contributed by atoms with E-state index in [9.17, 15) is 29.0 Å². The molecule has 2 unspecified atom stereocenters. The van der Waals surface area contributed by atoms with Gasteiger partial charge in [0.05, 0.1) is 11.8 Å². The molecule has 0 radical (unpaired) electrons. The number of carboxylic acid groups (broad SMARTS) is 1. The van der Waals surface area contributed by atoms with Crippen LogP contribution in [-0.4, -0.2) is 34.1 Å². The Morgan fingerprint density at radius 3 is 2.47 bits per heavy atom. The van der Waals surface area contributed by atoms with E-state index in [0.717, 1.165) is 11.8 Å². The van der Waals surface area contributed by atoms with E-state index >= 15 is 0 Å². The maximum Gasteiger partial charge on any atom is 0.319 e. The second-order valence-electron chi connectivity index (χ2n) is 9.35. The lowest BCUT2D eigenvalue weighted by molar-refractivity contribution is -0.157. The van der Waals surface area contributed by atoms with Gasteiger partial charge in [0.15, 0.2) is 11.2 Å². The molecule has 2 atom stereocenters. The second-order valence-corrected chi connectivity index (χ2v) is 9.35. The molecule has 1 aromatic carbocycles. The molecule has 2 aliphatic rings. The lowest BCUT2D eigenvalue weighted by Gasteiger charge is -2.35. The third kappa shape index (κ3) is 4.64. The first kappa shape index (κ1) is 23.4. The van der Waals surface area contributed by atoms with Crippen molar-refractivity contribution in [2.24, 2.45) is 15.9 Å². The van der Waals surface area contributed by atoms with Crippen molar-refractivity contribution in [2.45, 2.75) is 52.4 Å². The average molecular weight is 442 g/mol. The van der Waals surface area contributed by atoms with Crippen molar-refractivity contribution < 1.29 is 29.0 Å². The lowest BCUT2D eigenvalue weighted by atomic mass is 9.68. The van der Waals surface area contributed by atoms with E-state index in [4.69, 9.17) is 0 Å². The van der Waals surface area contributed by atoms with Crippen LogP contribution >= 0.6 is 0 Å². The summed E-state index contributed by atoms with van der Waals surface area (Å²) in [6.07, 6.45) is 3.27. The zero-order valence-corrected chi connectivity index (χ0v) is 18.3. The monoisotopic (exact) mass is 442 g/mol. The number of ketones is 1. The maximum absolute atomic E-state index is 13.3. The number of amides is 1. The van der Waals surface area contributed by atoms with E-state index < -0.39 is 23.1 Å². The minimum Gasteiger partial charge on any atom is -0.511 e. The predicted octanol–water partition coefficient (Wildman–Crippen LogP) is 4.02. The standard InChI is InChI=1S/C24H27FN2O5/c1-14-8-9-24(22(31)32,10-17(14)15-4-6-16(25)7-5-15)21(30)27-26-13-18-19(28)11-23(2,3)12-20(18)29/h4-8,13,17,28H,9-12H2,1-3H3,(H,27,30)(H,31,32)/b26-13+. The lowest BCUT2D eigenvalue weighted by Crippen LogP contribution is -2.47. The van der Waals surface area contributed by atoms with Gasteiger partial charge in [-0.15, -0.1) is 0 Å². The number of carbonyl (C=O) groups excluding carboxylic acids is 2. The summed E-state index contributed by atoms with van der Waals surface area (Å²) in [5.41, 5.74) is 1.73. The van der Waals surface area contributed by atoms with Gasteiger partial charge in [-0.1, -0.05) is 37.6 Å². The summed E-state index contributed by atoms with van der Waals surface area (Å²) in [5, 5.41) is 23.9. The topological polar surface area (TPSA) is 116 Å². The van der Waals surface area contributed by atoms with Crippen molar-refractivity contribution in [1.29, 1.82) is 0 Å². The minimum atomic E-state index is -1.77. The van der Waals surface area contributed by atoms with E-state index in [-0.39, 0.29) is 47.7 Å². The van der Waals surface area contributed by atoms with E-state index in [1.807, 2.05) is 20.8 Å². The molecule has 0 fully saturated rings. The number of aliphatic carboxylic acids is 1. The molecule has 8 heteroatoms. The van der Waals surface area contributed by atoms with Gasteiger partial charge in [0.25, 0.3) is 5.91 Å². The Balaban J connectivity index is 1.81. The molecular weight excluding hydrogens is 415 g/mol. The molecule has 0 heterocycles. The maximum atomic E-state index is 13.3. The summed E-state index contributed by atoms with van der Waals surface area (Å²) in [6.45, 7) is 5.58. The number of allylic oxidation sites excluding steroid dienone is 4. The van der Waals surface area contributed by atoms with Crippen molar-refractivity contribution in [2.75, 3.05) is 0 Å². The quantitative estimate of drug-likeness (QED) is 0.276. The Morgan fingerprint density at radius 2 is 1.88 bits per heavy atom. The van der Waals surface area contributed by atoms with Crippen LogP contribution in [0.15, 0.2) is 52.3 Å². The van der Waals surface area contributed by atoms with Crippen LogP contribution in [0.4, 0.5) is 4.39 Å². The van der Waals surface area contributed by atoms with Crippen LogP contribution in [0.2, 0.25) is 0 Å². The number of nitrogens with zero attached hydrogens (tertiary/aromatic N) is 1. The predicted molar refractivity (Wildman–Crippen MR) is 117 cm³/mol. The number of nitrogens with one attached hydrogen (secondary N) is 1. The first-order chi connectivity index (χ1) is 14.9. The fourth-order valence-corrected chi connectivity index (χ4v) is 4.31. The van der Waals surface area contributed by atoms with Gasteiger partial charge in [0, 0.05) is 18.8 Å². The van der Waals surface area contributed by atoms with E-state index in [1.165, 1.54) is 12.1 Å². The Bertz CT molecular complexity index is 1040. The number of aliphatic hydroxyl groups excluding tert-OH is 1. The number of aliphatic hydroxyl groups is 1. The number of carbonyl (C=O) groups is 3. The molecule has 7 nitrogen and oxygen atoms in total. The molecule has 170 valence electrons. The van der Waals surface area contributed by atoms with Crippen LogP contribution in [0, 0.1) is 16.6 Å². The van der Waals surface area contributed by atoms with Crippen molar-refractivity contribution in [1.82, 2.24) is 5.43 Å². The van der Waals surface area contributed by atoms with Gasteiger partial charge in [-0.2, -0.15) is 5.10 Å². The van der Waals surface area contributed by atoms with Gasteiger partial charge in [-0.3, -0.25) is 14.4 Å². The number of rotatable bonds is 5. The molecular formula is C24H27FN2O5. The summed E-state index contributed by atoms with van der Waals surface area (Å²) in [4.78, 5) is 37.4. The fourth-order valence-electron chi connectivity index (χ4n) is 4.31. The summed E-state index contributed by atoms with van der Waals surface area (Å²) < 4.78 is 13.3. The van der Waals surface area contributed by atoms with Crippen molar-refractivity contribution in [3.05, 3.63) is 58.6 Å². The van der Waals surface area contributed by atoms with Gasteiger partial charge in [-0.05, 0) is 42.9 Å². The fraction of sp³-hybridized carbons (Fsp3) is 0.417. The summed E-state index contributed by atoms with van der Waals surface area (Å²) in [6, 6.07) is 5.76. The van der Waals surface area contributed by atoms with Crippen LogP contribution in [0.1, 0.15) is 57.9 Å². The molecule has 0 bridgehead atoms. The zero-order chi connectivity index (χ0) is 23.7. The minimum absolute atomic E-state index is 0.0116. The molecule has 0 aliphatic heterocycles. The van der Waals surface area contributed by atoms with Gasteiger partial charge in [-0.25, -0.2) is 9.82 Å². The third-order valence-electron chi connectivity index (χ3n) is 6.25. The zero-order valence-electron chi connectivity index (χ0n) is 18.3. The number of Topliss-reactive ketones (excluding diaryl/α,β-unsaturated/α-hetero) is 1. The molecule has 3 rings (SSSR count). The van der Waals surface area contributed by atoms with Gasteiger partial charge < -0.3 is 10.2 Å². The second kappa shape index (κ2) is 8.68. The number of hydrazone groups is 1. The number of carboxylic acids is 1. The molecule has 2 aliphatic carbocycles. The van der Waals surface area contributed by atoms with Crippen LogP contribution < -0.4 is 5.43 Å². The van der Waals surface area contributed by atoms with Crippen LogP contribution in [-0.2, 0) is 14.4 Å². The van der Waals surface area contributed by atoms with Crippen LogP contribution in [0.5, 0.6) is 0 Å². The van der Waals surface area contributed by atoms with Crippen LogP contribution in [0.25, 0.3) is 0 Å². The number of benzene rings is 1. The Morgan fingerprint density at radius 1 is 1.22 bits per heavy atom. The third-order valence-corrected chi connectivity index (χ3v) is 6.25. The van der Waals surface area contributed by atoms with Gasteiger partial charge in [0.2, 0.25) is 0 Å². The van der Waals surface area contributed by atoms with Crippen LogP contribution in [0.3, 0.4) is 0 Å². The van der Waals surface area contributed by atoms with Crippen molar-refractivity contribution >= 4 is 23.9 Å². The molecule has 3 N–H and O–H groups in total. The SMILES string of the molecule is CC1=CCC(C(=O)O)(C(=O)N/N=C/C2=C(O)CC(C)(C)CC2=O)CC1c1ccc(F)cc1. The number of halogens is 1. The Hall–Kier alpha value is -3.29. The molecule has 1 aromatic rings. The average Bonchev–Trinajstić information content (AvgIpc) is 2.70. The van der Waals surface area contributed by atoms with Crippen molar-refractivity contribution in [3.63, 3.8) is 0 Å². The molecule has 0 saturated heterocycles. The molecule has 32 heavy (non-hydrogen) atoms. The van der Waals surface area contributed by atoms with Crippen molar-refractivity contribution in [3.8, 4) is 0 Å². The molecule has 0 spiro atoms. The molecule has 1 amide bonds. The van der Waals surface area contributed by atoms with E-state index in [2.05, 4.69) is 10.5 Å². The first-order valence-corrected chi connectivity index (χ1v) is 10.4. The highest BCUT2D eigenvalue weighted by atomic mass is 19.1. The summed E-state index contributed by atoms with van der Waals surface area (Å²) in [5.74, 6) is -3.29. The highest BCUT2D eigenvalue weighted by Gasteiger charge is 2.49. The van der Waals surface area contributed by atoms with Gasteiger partial charge >= 0.3 is 5.97 Å². The summed E-state index contributed by atoms with van der Waals surface area (Å²) in [7, 11) is 0. The Kier molecular flexibility index (Phi) is 6.34. The van der Waals surface area contributed by atoms with E-state index in [0.29, 0.717) is 12.0 Å². The smallest absolute Gasteiger partial charge is 0.319 e. The summed E-state index contributed by atoms with van der Waals surface area (Å²) >= 11 is 0.